The van der Waals surface area contributed by atoms with Crippen molar-refractivity contribution < 1.29 is 5.11 Å². The maximum absolute atomic E-state index is 8.85. The number of nitrogen functional groups attached to an aromatic ring is 1. The topological polar surface area (TPSA) is 65.6 Å². The lowest BCUT2D eigenvalue weighted by Gasteiger charge is -2.35. The van der Waals surface area contributed by atoms with Gasteiger partial charge in [0, 0.05) is 32.7 Å². The first-order chi connectivity index (χ1) is 7.79. The Hall–Kier alpha value is -1.33. The average Bonchev–Trinajstić information content (AvgIpc) is 2.32. The molecule has 88 valence electrons. The molecule has 1 fully saturated rings. The highest BCUT2D eigenvalue weighted by atomic mass is 16.3. The second-order valence-electron chi connectivity index (χ2n) is 3.99. The van der Waals surface area contributed by atoms with E-state index in [4.69, 9.17) is 10.8 Å². The van der Waals surface area contributed by atoms with Gasteiger partial charge in [-0.2, -0.15) is 0 Å². The van der Waals surface area contributed by atoms with Gasteiger partial charge >= 0.3 is 0 Å². The molecule has 1 saturated heterocycles. The van der Waals surface area contributed by atoms with Crippen LogP contribution in [0.3, 0.4) is 0 Å². The summed E-state index contributed by atoms with van der Waals surface area (Å²) in [6.07, 6.45) is 1.82. The standard InChI is InChI=1S/C11H18N4O/c12-11-2-1-10(9-13-11)15-5-3-14(4-6-15)7-8-16/h1-2,9,16H,3-8H2,(H2,12,13). The monoisotopic (exact) mass is 222 g/mol. The fourth-order valence-electron chi connectivity index (χ4n) is 1.96. The van der Waals surface area contributed by atoms with E-state index in [1.807, 2.05) is 18.3 Å². The number of hydrogen-bond acceptors (Lipinski definition) is 5. The highest BCUT2D eigenvalue weighted by molar-refractivity contribution is 5.48. The average molecular weight is 222 g/mol. The number of anilines is 2. The minimum atomic E-state index is 0.240. The molecule has 3 N–H and O–H groups in total. The molecule has 1 aromatic rings. The van der Waals surface area contributed by atoms with Gasteiger partial charge in [0.25, 0.3) is 0 Å². The van der Waals surface area contributed by atoms with Gasteiger partial charge in [-0.25, -0.2) is 4.98 Å². The van der Waals surface area contributed by atoms with Crippen molar-refractivity contribution in [1.82, 2.24) is 9.88 Å². The van der Waals surface area contributed by atoms with Gasteiger partial charge in [-0.3, -0.25) is 4.90 Å². The Morgan fingerprint density at radius 2 is 2.00 bits per heavy atom. The van der Waals surface area contributed by atoms with Crippen LogP contribution in [0.2, 0.25) is 0 Å². The Balaban J connectivity index is 1.91. The Morgan fingerprint density at radius 1 is 1.25 bits per heavy atom. The summed E-state index contributed by atoms with van der Waals surface area (Å²) in [6.45, 7) is 4.95. The molecular weight excluding hydrogens is 204 g/mol. The summed E-state index contributed by atoms with van der Waals surface area (Å²) in [5.41, 5.74) is 6.68. The molecule has 2 rings (SSSR count). The summed E-state index contributed by atoms with van der Waals surface area (Å²) >= 11 is 0. The molecule has 0 saturated carbocycles. The lowest BCUT2D eigenvalue weighted by atomic mass is 10.2. The minimum absolute atomic E-state index is 0.240. The number of aliphatic hydroxyl groups excluding tert-OH is 1. The van der Waals surface area contributed by atoms with Crippen LogP contribution >= 0.6 is 0 Å². The number of aliphatic hydroxyl groups is 1. The normalized spacial score (nSPS) is 17.7. The Kier molecular flexibility index (Phi) is 3.58. The fourth-order valence-corrected chi connectivity index (χ4v) is 1.96. The van der Waals surface area contributed by atoms with Gasteiger partial charge in [0.1, 0.15) is 5.82 Å². The molecule has 0 atom stereocenters. The zero-order valence-corrected chi connectivity index (χ0v) is 9.34. The van der Waals surface area contributed by atoms with Crippen LogP contribution in [0.1, 0.15) is 0 Å². The first kappa shape index (κ1) is 11.2. The number of aromatic nitrogens is 1. The van der Waals surface area contributed by atoms with E-state index in [2.05, 4.69) is 14.8 Å². The van der Waals surface area contributed by atoms with E-state index >= 15 is 0 Å². The number of rotatable bonds is 3. The summed E-state index contributed by atoms with van der Waals surface area (Å²) in [7, 11) is 0. The van der Waals surface area contributed by atoms with E-state index in [0.717, 1.165) is 38.4 Å². The zero-order valence-electron chi connectivity index (χ0n) is 9.34. The molecule has 1 aliphatic heterocycles. The van der Waals surface area contributed by atoms with Gasteiger partial charge in [0.15, 0.2) is 0 Å². The molecule has 0 unspecified atom stereocenters. The van der Waals surface area contributed by atoms with E-state index in [-0.39, 0.29) is 6.61 Å². The van der Waals surface area contributed by atoms with Crippen molar-refractivity contribution in [3.05, 3.63) is 18.3 Å². The van der Waals surface area contributed by atoms with Gasteiger partial charge in [0.2, 0.25) is 0 Å². The summed E-state index contributed by atoms with van der Waals surface area (Å²) < 4.78 is 0. The van der Waals surface area contributed by atoms with Crippen molar-refractivity contribution in [3.8, 4) is 0 Å². The molecule has 0 aromatic carbocycles. The fraction of sp³-hybridized carbons (Fsp3) is 0.545. The van der Waals surface area contributed by atoms with Gasteiger partial charge in [-0.15, -0.1) is 0 Å². The van der Waals surface area contributed by atoms with Crippen LogP contribution in [0.25, 0.3) is 0 Å². The van der Waals surface area contributed by atoms with Crippen LogP contribution in [0, 0.1) is 0 Å². The van der Waals surface area contributed by atoms with Crippen molar-refractivity contribution in [2.24, 2.45) is 0 Å². The van der Waals surface area contributed by atoms with Crippen LogP contribution in [-0.2, 0) is 0 Å². The van der Waals surface area contributed by atoms with Crippen molar-refractivity contribution in [1.29, 1.82) is 0 Å². The molecule has 16 heavy (non-hydrogen) atoms. The van der Waals surface area contributed by atoms with E-state index in [1.54, 1.807) is 0 Å². The van der Waals surface area contributed by atoms with E-state index < -0.39 is 0 Å². The molecule has 1 aromatic heterocycles. The third-order valence-corrected chi connectivity index (χ3v) is 2.92. The number of β-amino-alcohol motifs (C(OH)–C–C–N with tert-alkyl or cyclic N) is 1. The quantitative estimate of drug-likeness (QED) is 0.740. The molecule has 0 radical (unpaired) electrons. The number of nitrogens with two attached hydrogens (primary N) is 1. The molecule has 0 bridgehead atoms. The first-order valence-electron chi connectivity index (χ1n) is 5.59. The highest BCUT2D eigenvalue weighted by Gasteiger charge is 2.16. The van der Waals surface area contributed by atoms with E-state index in [0.29, 0.717) is 5.82 Å². The first-order valence-corrected chi connectivity index (χ1v) is 5.59. The van der Waals surface area contributed by atoms with Crippen LogP contribution in [0.4, 0.5) is 11.5 Å². The number of nitrogens with zero attached hydrogens (tertiary/aromatic N) is 3. The van der Waals surface area contributed by atoms with Crippen LogP contribution in [-0.4, -0.2) is 54.3 Å². The largest absolute Gasteiger partial charge is 0.395 e. The van der Waals surface area contributed by atoms with Gasteiger partial charge in [-0.05, 0) is 12.1 Å². The number of pyridine rings is 1. The third-order valence-electron chi connectivity index (χ3n) is 2.92. The maximum atomic E-state index is 8.85. The molecule has 1 aliphatic rings. The third kappa shape index (κ3) is 2.62. The van der Waals surface area contributed by atoms with Crippen LogP contribution in [0.5, 0.6) is 0 Å². The summed E-state index contributed by atoms with van der Waals surface area (Å²) in [4.78, 5) is 8.65. The van der Waals surface area contributed by atoms with Crippen LogP contribution in [0.15, 0.2) is 18.3 Å². The van der Waals surface area contributed by atoms with Crippen molar-refractivity contribution in [2.45, 2.75) is 0 Å². The van der Waals surface area contributed by atoms with Gasteiger partial charge in [0.05, 0.1) is 18.5 Å². The molecular formula is C11H18N4O. The molecule has 5 nitrogen and oxygen atoms in total. The minimum Gasteiger partial charge on any atom is -0.395 e. The van der Waals surface area contributed by atoms with Crippen molar-refractivity contribution >= 4 is 11.5 Å². The van der Waals surface area contributed by atoms with Crippen LogP contribution < -0.4 is 10.6 Å². The second kappa shape index (κ2) is 5.14. The molecule has 0 spiro atoms. The lowest BCUT2D eigenvalue weighted by molar-refractivity contribution is 0.189. The summed E-state index contributed by atoms with van der Waals surface area (Å²) in [5, 5.41) is 8.85. The Bertz CT molecular complexity index is 319. The summed E-state index contributed by atoms with van der Waals surface area (Å²) in [6, 6.07) is 3.83. The molecule has 0 aliphatic carbocycles. The summed E-state index contributed by atoms with van der Waals surface area (Å²) in [5.74, 6) is 0.558. The van der Waals surface area contributed by atoms with Gasteiger partial charge in [-0.1, -0.05) is 0 Å². The second-order valence-corrected chi connectivity index (χ2v) is 3.99. The SMILES string of the molecule is Nc1ccc(N2CCN(CCO)CC2)cn1. The predicted octanol–water partition coefficient (Wildman–Crippen LogP) is -0.222. The van der Waals surface area contributed by atoms with Gasteiger partial charge < -0.3 is 15.7 Å². The molecule has 0 amide bonds. The highest BCUT2D eigenvalue weighted by Crippen LogP contribution is 2.15. The number of hydrogen-bond donors (Lipinski definition) is 2. The Labute approximate surface area is 95.5 Å². The Morgan fingerprint density at radius 3 is 2.56 bits per heavy atom. The van der Waals surface area contributed by atoms with Crippen molar-refractivity contribution in [2.75, 3.05) is 50.0 Å². The smallest absolute Gasteiger partial charge is 0.123 e. The van der Waals surface area contributed by atoms with Crippen molar-refractivity contribution in [3.63, 3.8) is 0 Å². The predicted molar refractivity (Wildman–Crippen MR) is 64.4 cm³/mol. The lowest BCUT2D eigenvalue weighted by Crippen LogP contribution is -2.47. The maximum Gasteiger partial charge on any atom is 0.123 e. The number of piperazine rings is 1. The molecule has 5 heteroatoms. The zero-order chi connectivity index (χ0) is 11.4. The molecule has 2 heterocycles. The van der Waals surface area contributed by atoms with E-state index in [9.17, 15) is 0 Å². The van der Waals surface area contributed by atoms with E-state index in [1.165, 1.54) is 0 Å².